The number of amides is 1. The fourth-order valence-corrected chi connectivity index (χ4v) is 1.95. The molecular weight excluding hydrogens is 264 g/mol. The molecule has 5 heteroatoms. The summed E-state index contributed by atoms with van der Waals surface area (Å²) in [7, 11) is 0. The summed E-state index contributed by atoms with van der Waals surface area (Å²) in [6, 6.07) is 14.9. The molecule has 5 nitrogen and oxygen atoms in total. The van der Waals surface area contributed by atoms with Gasteiger partial charge in [0.2, 0.25) is 0 Å². The van der Waals surface area contributed by atoms with Crippen molar-refractivity contribution in [2.24, 2.45) is 0 Å². The van der Waals surface area contributed by atoms with E-state index in [0.29, 0.717) is 5.56 Å². The second kappa shape index (κ2) is 5.58. The monoisotopic (exact) mass is 278 g/mol. The Bertz CT molecular complexity index is 731. The largest absolute Gasteiger partial charge is 0.322 e. The van der Waals surface area contributed by atoms with Gasteiger partial charge in [-0.3, -0.25) is 4.79 Å². The number of nitrogens with one attached hydrogen (secondary N) is 1. The van der Waals surface area contributed by atoms with Crippen LogP contribution in [0.2, 0.25) is 0 Å². The van der Waals surface area contributed by atoms with Crippen molar-refractivity contribution in [1.29, 1.82) is 0 Å². The summed E-state index contributed by atoms with van der Waals surface area (Å²) in [6.07, 6.45) is 3.10. The normalized spacial score (nSPS) is 10.3. The zero-order chi connectivity index (χ0) is 14.7. The van der Waals surface area contributed by atoms with E-state index in [0.717, 1.165) is 16.9 Å². The predicted octanol–water partition coefficient (Wildman–Crippen LogP) is 2.83. The molecule has 3 rings (SSSR count). The summed E-state index contributed by atoms with van der Waals surface area (Å²) in [5, 5.41) is 6.92. The van der Waals surface area contributed by atoms with Crippen molar-refractivity contribution in [3.63, 3.8) is 0 Å². The lowest BCUT2D eigenvalue weighted by Gasteiger charge is -2.07. The number of carbonyl (C=O) groups is 1. The van der Waals surface area contributed by atoms with E-state index >= 15 is 0 Å². The molecule has 2 aromatic carbocycles. The van der Waals surface area contributed by atoms with Gasteiger partial charge in [0.15, 0.2) is 0 Å². The van der Waals surface area contributed by atoms with E-state index < -0.39 is 0 Å². The Morgan fingerprint density at radius 2 is 1.76 bits per heavy atom. The highest BCUT2D eigenvalue weighted by molar-refractivity contribution is 6.04. The number of hydrogen-bond donors (Lipinski definition) is 1. The first-order valence-electron chi connectivity index (χ1n) is 6.55. The van der Waals surface area contributed by atoms with Gasteiger partial charge in [-0.2, -0.15) is 5.10 Å². The van der Waals surface area contributed by atoms with E-state index in [2.05, 4.69) is 15.4 Å². The van der Waals surface area contributed by atoms with Crippen LogP contribution in [-0.2, 0) is 0 Å². The van der Waals surface area contributed by atoms with Gasteiger partial charge in [0.05, 0.1) is 5.69 Å². The minimum Gasteiger partial charge on any atom is -0.322 e. The maximum atomic E-state index is 12.1. The molecule has 1 N–H and O–H groups in total. The third kappa shape index (κ3) is 2.97. The quantitative estimate of drug-likeness (QED) is 0.801. The SMILES string of the molecule is Cc1ccc(C(=O)Nc2ccc(-n3cncn3)cc2)cc1. The van der Waals surface area contributed by atoms with Crippen LogP contribution in [0.1, 0.15) is 15.9 Å². The van der Waals surface area contributed by atoms with Crippen molar-refractivity contribution in [2.75, 3.05) is 5.32 Å². The molecular formula is C16H14N4O. The molecule has 0 radical (unpaired) electrons. The average molecular weight is 278 g/mol. The molecule has 104 valence electrons. The molecule has 0 saturated heterocycles. The smallest absolute Gasteiger partial charge is 0.255 e. The molecule has 0 bridgehead atoms. The topological polar surface area (TPSA) is 59.8 Å². The van der Waals surface area contributed by atoms with Crippen LogP contribution in [0.15, 0.2) is 61.2 Å². The molecule has 0 aliphatic heterocycles. The van der Waals surface area contributed by atoms with Crippen LogP contribution in [0.3, 0.4) is 0 Å². The van der Waals surface area contributed by atoms with Crippen LogP contribution >= 0.6 is 0 Å². The van der Waals surface area contributed by atoms with Crippen molar-refractivity contribution in [1.82, 2.24) is 14.8 Å². The van der Waals surface area contributed by atoms with Gasteiger partial charge >= 0.3 is 0 Å². The minimum absolute atomic E-state index is 0.122. The number of aryl methyl sites for hydroxylation is 1. The number of benzene rings is 2. The standard InChI is InChI=1S/C16H14N4O/c1-12-2-4-13(5-3-12)16(21)19-14-6-8-15(9-7-14)20-11-17-10-18-20/h2-11H,1H3,(H,19,21). The zero-order valence-electron chi connectivity index (χ0n) is 11.5. The van der Waals surface area contributed by atoms with Gasteiger partial charge in [-0.25, -0.2) is 9.67 Å². The van der Waals surface area contributed by atoms with Gasteiger partial charge in [0.25, 0.3) is 5.91 Å². The Morgan fingerprint density at radius 1 is 1.05 bits per heavy atom. The minimum atomic E-state index is -0.122. The van der Waals surface area contributed by atoms with Gasteiger partial charge in [0.1, 0.15) is 12.7 Å². The van der Waals surface area contributed by atoms with Crippen LogP contribution < -0.4 is 5.32 Å². The second-order valence-corrected chi connectivity index (χ2v) is 4.71. The zero-order valence-corrected chi connectivity index (χ0v) is 11.5. The van der Waals surface area contributed by atoms with Gasteiger partial charge in [0, 0.05) is 11.3 Å². The Balaban J connectivity index is 1.73. The maximum absolute atomic E-state index is 12.1. The van der Waals surface area contributed by atoms with E-state index in [1.54, 1.807) is 11.0 Å². The second-order valence-electron chi connectivity index (χ2n) is 4.71. The molecule has 1 amide bonds. The van der Waals surface area contributed by atoms with Crippen LogP contribution in [0.5, 0.6) is 0 Å². The van der Waals surface area contributed by atoms with Crippen LogP contribution in [0, 0.1) is 6.92 Å². The molecule has 0 aliphatic carbocycles. The first-order chi connectivity index (χ1) is 10.2. The van der Waals surface area contributed by atoms with Gasteiger partial charge in [-0.15, -0.1) is 0 Å². The number of aromatic nitrogens is 3. The summed E-state index contributed by atoms with van der Waals surface area (Å²) in [5.41, 5.74) is 3.40. The van der Waals surface area contributed by atoms with E-state index in [-0.39, 0.29) is 5.91 Å². The lowest BCUT2D eigenvalue weighted by Crippen LogP contribution is -2.11. The summed E-state index contributed by atoms with van der Waals surface area (Å²) < 4.78 is 1.66. The van der Waals surface area contributed by atoms with Crippen molar-refractivity contribution < 1.29 is 4.79 Å². The van der Waals surface area contributed by atoms with Gasteiger partial charge < -0.3 is 5.32 Å². The van der Waals surface area contributed by atoms with Crippen molar-refractivity contribution in [3.8, 4) is 5.69 Å². The maximum Gasteiger partial charge on any atom is 0.255 e. The summed E-state index contributed by atoms with van der Waals surface area (Å²) in [6.45, 7) is 1.99. The highest BCUT2D eigenvalue weighted by atomic mass is 16.1. The summed E-state index contributed by atoms with van der Waals surface area (Å²) in [4.78, 5) is 16.0. The third-order valence-electron chi connectivity index (χ3n) is 3.12. The van der Waals surface area contributed by atoms with E-state index in [9.17, 15) is 4.79 Å². The number of carbonyl (C=O) groups excluding carboxylic acids is 1. The van der Waals surface area contributed by atoms with E-state index in [4.69, 9.17) is 0 Å². The first-order valence-corrected chi connectivity index (χ1v) is 6.55. The molecule has 0 atom stereocenters. The fourth-order valence-electron chi connectivity index (χ4n) is 1.95. The Morgan fingerprint density at radius 3 is 2.38 bits per heavy atom. The van der Waals surface area contributed by atoms with Gasteiger partial charge in [-0.05, 0) is 43.3 Å². The number of rotatable bonds is 3. The van der Waals surface area contributed by atoms with E-state index in [1.807, 2.05) is 55.5 Å². The molecule has 0 aliphatic rings. The van der Waals surface area contributed by atoms with Crippen LogP contribution in [0.4, 0.5) is 5.69 Å². The molecule has 0 saturated carbocycles. The molecule has 21 heavy (non-hydrogen) atoms. The Kier molecular flexibility index (Phi) is 3.47. The Hall–Kier alpha value is -2.95. The predicted molar refractivity (Wildman–Crippen MR) is 80.5 cm³/mol. The fraction of sp³-hybridized carbons (Fsp3) is 0.0625. The van der Waals surface area contributed by atoms with Crippen molar-refractivity contribution >= 4 is 11.6 Å². The summed E-state index contributed by atoms with van der Waals surface area (Å²) in [5.74, 6) is -0.122. The molecule has 1 heterocycles. The first kappa shape index (κ1) is 13.1. The third-order valence-corrected chi connectivity index (χ3v) is 3.12. The highest BCUT2D eigenvalue weighted by Crippen LogP contribution is 2.13. The lowest BCUT2D eigenvalue weighted by molar-refractivity contribution is 0.102. The highest BCUT2D eigenvalue weighted by Gasteiger charge is 2.05. The number of anilines is 1. The van der Waals surface area contributed by atoms with Gasteiger partial charge in [-0.1, -0.05) is 17.7 Å². The lowest BCUT2D eigenvalue weighted by atomic mass is 10.1. The van der Waals surface area contributed by atoms with Crippen molar-refractivity contribution in [3.05, 3.63) is 72.3 Å². The average Bonchev–Trinajstić information content (AvgIpc) is 3.03. The molecule has 0 fully saturated rings. The van der Waals surface area contributed by atoms with Crippen LogP contribution in [0.25, 0.3) is 5.69 Å². The molecule has 0 spiro atoms. The van der Waals surface area contributed by atoms with Crippen LogP contribution in [-0.4, -0.2) is 20.7 Å². The summed E-state index contributed by atoms with van der Waals surface area (Å²) >= 11 is 0. The van der Waals surface area contributed by atoms with Crippen molar-refractivity contribution in [2.45, 2.75) is 6.92 Å². The number of hydrogen-bond acceptors (Lipinski definition) is 3. The van der Waals surface area contributed by atoms with E-state index in [1.165, 1.54) is 6.33 Å². The molecule has 0 unspecified atom stereocenters. The molecule has 1 aromatic heterocycles. The Labute approximate surface area is 122 Å². The number of nitrogens with zero attached hydrogens (tertiary/aromatic N) is 3. The molecule has 3 aromatic rings.